The van der Waals surface area contributed by atoms with E-state index in [1.807, 2.05) is 54.8 Å². The first-order chi connectivity index (χ1) is 11.2. The minimum atomic E-state index is -0.0784. The number of thiazole rings is 1. The summed E-state index contributed by atoms with van der Waals surface area (Å²) in [5, 5.41) is 8.60. The number of aryl methyl sites for hydroxylation is 1. The highest BCUT2D eigenvalue weighted by molar-refractivity contribution is 7.13. The normalized spacial score (nSPS) is 10.3. The summed E-state index contributed by atoms with van der Waals surface area (Å²) in [6, 6.07) is 13.3. The molecular formula is C17H16N4OS. The number of rotatable bonds is 5. The number of anilines is 3. The average Bonchev–Trinajstić information content (AvgIpc) is 2.95. The van der Waals surface area contributed by atoms with Gasteiger partial charge in [0.2, 0.25) is 5.91 Å². The summed E-state index contributed by atoms with van der Waals surface area (Å²) in [5.41, 5.74) is 2.65. The summed E-state index contributed by atoms with van der Waals surface area (Å²) in [6.45, 7) is 1.99. The molecule has 0 aliphatic rings. The molecule has 116 valence electrons. The van der Waals surface area contributed by atoms with E-state index in [4.69, 9.17) is 0 Å². The Hall–Kier alpha value is -2.73. The van der Waals surface area contributed by atoms with Crippen molar-refractivity contribution < 1.29 is 4.79 Å². The number of aromatic nitrogens is 2. The number of hydrogen-bond donors (Lipinski definition) is 2. The van der Waals surface area contributed by atoms with Crippen molar-refractivity contribution in [2.24, 2.45) is 0 Å². The van der Waals surface area contributed by atoms with Gasteiger partial charge in [-0.2, -0.15) is 0 Å². The van der Waals surface area contributed by atoms with E-state index >= 15 is 0 Å². The molecule has 0 saturated heterocycles. The molecule has 1 amide bonds. The quantitative estimate of drug-likeness (QED) is 0.749. The Balaban J connectivity index is 1.59. The molecule has 1 aromatic carbocycles. The van der Waals surface area contributed by atoms with Gasteiger partial charge in [0.15, 0.2) is 5.13 Å². The van der Waals surface area contributed by atoms with E-state index in [1.165, 1.54) is 11.3 Å². The van der Waals surface area contributed by atoms with E-state index in [0.29, 0.717) is 0 Å². The van der Waals surface area contributed by atoms with Gasteiger partial charge < -0.3 is 10.6 Å². The maximum atomic E-state index is 12.1. The summed E-state index contributed by atoms with van der Waals surface area (Å²) >= 11 is 1.45. The Labute approximate surface area is 138 Å². The van der Waals surface area contributed by atoms with Crippen LogP contribution in [0.5, 0.6) is 0 Å². The van der Waals surface area contributed by atoms with Crippen LogP contribution < -0.4 is 10.6 Å². The zero-order valence-electron chi connectivity index (χ0n) is 12.6. The van der Waals surface area contributed by atoms with Crippen LogP contribution >= 0.6 is 11.3 Å². The second-order valence-electron chi connectivity index (χ2n) is 5.08. The molecule has 2 N–H and O–H groups in total. The third-order valence-electron chi connectivity index (χ3n) is 3.10. The lowest BCUT2D eigenvalue weighted by molar-refractivity contribution is -0.115. The standard InChI is InChI=1S/C17H16N4OS/c1-12-5-4-6-13(9-12)19-16(22)10-14-11-23-17(20-14)21-15-7-2-3-8-18-15/h2-9,11H,10H2,1H3,(H,19,22)(H,18,20,21). The van der Waals surface area contributed by atoms with Crippen molar-refractivity contribution in [2.45, 2.75) is 13.3 Å². The van der Waals surface area contributed by atoms with Crippen LogP contribution in [0, 0.1) is 6.92 Å². The predicted octanol–water partition coefficient (Wildman–Crippen LogP) is 3.77. The zero-order valence-corrected chi connectivity index (χ0v) is 13.4. The van der Waals surface area contributed by atoms with Gasteiger partial charge in [0.05, 0.1) is 12.1 Å². The summed E-state index contributed by atoms with van der Waals surface area (Å²) in [7, 11) is 0. The van der Waals surface area contributed by atoms with Crippen molar-refractivity contribution in [3.05, 3.63) is 65.3 Å². The molecule has 0 fully saturated rings. The van der Waals surface area contributed by atoms with Crippen molar-refractivity contribution in [3.8, 4) is 0 Å². The Kier molecular flexibility index (Phi) is 4.63. The van der Waals surface area contributed by atoms with E-state index in [-0.39, 0.29) is 12.3 Å². The van der Waals surface area contributed by atoms with Gasteiger partial charge in [-0.25, -0.2) is 9.97 Å². The fourth-order valence-corrected chi connectivity index (χ4v) is 2.80. The maximum Gasteiger partial charge on any atom is 0.230 e. The molecule has 0 bridgehead atoms. The topological polar surface area (TPSA) is 66.9 Å². The Morgan fingerprint density at radius 2 is 2.13 bits per heavy atom. The molecule has 5 nitrogen and oxygen atoms in total. The highest BCUT2D eigenvalue weighted by Crippen LogP contribution is 2.20. The summed E-state index contributed by atoms with van der Waals surface area (Å²) < 4.78 is 0. The fourth-order valence-electron chi connectivity index (χ4n) is 2.08. The van der Waals surface area contributed by atoms with Gasteiger partial charge in [0.25, 0.3) is 0 Å². The molecule has 0 unspecified atom stereocenters. The Bertz CT molecular complexity index is 801. The van der Waals surface area contributed by atoms with Gasteiger partial charge in [-0.15, -0.1) is 11.3 Å². The Morgan fingerprint density at radius 3 is 2.91 bits per heavy atom. The highest BCUT2D eigenvalue weighted by atomic mass is 32.1. The minimum absolute atomic E-state index is 0.0784. The first-order valence-electron chi connectivity index (χ1n) is 7.18. The first kappa shape index (κ1) is 15.2. The molecule has 0 aliphatic heterocycles. The average molecular weight is 324 g/mol. The first-order valence-corrected chi connectivity index (χ1v) is 8.06. The number of nitrogens with one attached hydrogen (secondary N) is 2. The monoisotopic (exact) mass is 324 g/mol. The largest absolute Gasteiger partial charge is 0.326 e. The van der Waals surface area contributed by atoms with Crippen molar-refractivity contribution in [1.82, 2.24) is 9.97 Å². The van der Waals surface area contributed by atoms with Gasteiger partial charge >= 0.3 is 0 Å². The van der Waals surface area contributed by atoms with Crippen LogP contribution in [0.15, 0.2) is 54.0 Å². The number of nitrogens with zero attached hydrogens (tertiary/aromatic N) is 2. The third kappa shape index (κ3) is 4.37. The van der Waals surface area contributed by atoms with E-state index in [1.54, 1.807) is 6.20 Å². The van der Waals surface area contributed by atoms with Crippen molar-refractivity contribution in [3.63, 3.8) is 0 Å². The van der Waals surface area contributed by atoms with E-state index in [2.05, 4.69) is 20.6 Å². The SMILES string of the molecule is Cc1cccc(NC(=O)Cc2csc(Nc3ccccn3)n2)c1. The predicted molar refractivity (Wildman–Crippen MR) is 93.1 cm³/mol. The number of pyridine rings is 1. The minimum Gasteiger partial charge on any atom is -0.326 e. The lowest BCUT2D eigenvalue weighted by atomic mass is 10.2. The van der Waals surface area contributed by atoms with Gasteiger partial charge in [-0.05, 0) is 36.8 Å². The van der Waals surface area contributed by atoms with Crippen LogP contribution in [0.4, 0.5) is 16.6 Å². The number of benzene rings is 1. The van der Waals surface area contributed by atoms with Crippen molar-refractivity contribution >= 4 is 33.9 Å². The smallest absolute Gasteiger partial charge is 0.230 e. The second-order valence-corrected chi connectivity index (χ2v) is 5.94. The molecule has 0 aliphatic carbocycles. The lowest BCUT2D eigenvalue weighted by Crippen LogP contribution is -2.14. The van der Waals surface area contributed by atoms with Gasteiger partial charge in [-0.3, -0.25) is 4.79 Å². The summed E-state index contributed by atoms with van der Waals surface area (Å²) in [6.07, 6.45) is 1.96. The van der Waals surface area contributed by atoms with Crippen molar-refractivity contribution in [2.75, 3.05) is 10.6 Å². The summed E-state index contributed by atoms with van der Waals surface area (Å²) in [5.74, 6) is 0.655. The Morgan fingerprint density at radius 1 is 1.22 bits per heavy atom. The summed E-state index contributed by atoms with van der Waals surface area (Å²) in [4.78, 5) is 20.7. The van der Waals surface area contributed by atoms with Gasteiger partial charge in [-0.1, -0.05) is 18.2 Å². The van der Waals surface area contributed by atoms with Gasteiger partial charge in [0.1, 0.15) is 5.82 Å². The molecule has 23 heavy (non-hydrogen) atoms. The van der Waals surface area contributed by atoms with E-state index in [0.717, 1.165) is 27.9 Å². The number of carbonyl (C=O) groups excluding carboxylic acids is 1. The molecule has 0 saturated carbocycles. The second kappa shape index (κ2) is 7.02. The molecule has 2 aromatic heterocycles. The zero-order chi connectivity index (χ0) is 16.1. The molecule has 3 aromatic rings. The number of amides is 1. The van der Waals surface area contributed by atoms with E-state index < -0.39 is 0 Å². The third-order valence-corrected chi connectivity index (χ3v) is 3.90. The maximum absolute atomic E-state index is 12.1. The van der Waals surface area contributed by atoms with Crippen LogP contribution in [-0.2, 0) is 11.2 Å². The van der Waals surface area contributed by atoms with Crippen LogP contribution in [0.25, 0.3) is 0 Å². The van der Waals surface area contributed by atoms with E-state index in [9.17, 15) is 4.79 Å². The van der Waals surface area contributed by atoms with Crippen LogP contribution in [0.1, 0.15) is 11.3 Å². The number of hydrogen-bond acceptors (Lipinski definition) is 5. The van der Waals surface area contributed by atoms with Crippen molar-refractivity contribution in [1.29, 1.82) is 0 Å². The molecule has 3 rings (SSSR count). The van der Waals surface area contributed by atoms with Gasteiger partial charge in [0, 0.05) is 17.3 Å². The molecule has 0 spiro atoms. The molecule has 0 radical (unpaired) electrons. The van der Waals surface area contributed by atoms with Crippen LogP contribution in [-0.4, -0.2) is 15.9 Å². The lowest BCUT2D eigenvalue weighted by Gasteiger charge is -2.04. The van der Waals surface area contributed by atoms with Crippen LogP contribution in [0.3, 0.4) is 0 Å². The highest BCUT2D eigenvalue weighted by Gasteiger charge is 2.08. The molecule has 2 heterocycles. The van der Waals surface area contributed by atoms with Crippen LogP contribution in [0.2, 0.25) is 0 Å². The fraction of sp³-hybridized carbons (Fsp3) is 0.118. The molecule has 6 heteroatoms. The molecule has 0 atom stereocenters. The molecular weight excluding hydrogens is 308 g/mol. The number of carbonyl (C=O) groups is 1.